The van der Waals surface area contributed by atoms with Crippen LogP contribution >= 0.6 is 8.53 Å². The summed E-state index contributed by atoms with van der Waals surface area (Å²) in [6, 6.07) is 0.223. The predicted molar refractivity (Wildman–Crippen MR) is 119 cm³/mol. The molecule has 0 bridgehead atoms. The minimum atomic E-state index is -2.86. The molecule has 0 N–H and O–H groups in total. The SMILES string of the molecule is [2H][Si](C)([B][3H])OCC1OC(C)CC1OP1O[C@H]2[C@@H]3OC4(CCCC4)O[C@@H]3O[C@H]2CN1C(C)C. The molecule has 0 amide bonds. The van der Waals surface area contributed by atoms with E-state index in [1.54, 1.807) is 6.55 Å². The van der Waals surface area contributed by atoms with E-state index >= 15 is 0 Å². The third-order valence-corrected chi connectivity index (χ3v) is 9.33. The lowest BCUT2D eigenvalue weighted by atomic mass is 10.1. The minimum Gasteiger partial charge on any atom is -0.427 e. The molecular weight excluding hydrogens is 436 g/mol. The number of hydrogen-bond donors (Lipinski definition) is 0. The molecule has 175 valence electrons. The van der Waals surface area contributed by atoms with Crippen molar-refractivity contribution >= 4 is 24.8 Å². The lowest BCUT2D eigenvalue weighted by Gasteiger charge is -2.43. The molecule has 0 aromatic carbocycles. The second-order valence-electron chi connectivity index (χ2n) is 9.67. The molecule has 4 heterocycles. The third-order valence-electron chi connectivity index (χ3n) is 6.79. The van der Waals surface area contributed by atoms with E-state index in [9.17, 15) is 0 Å². The Hall–Kier alpha value is 0.392. The van der Waals surface area contributed by atoms with E-state index < -0.39 is 23.2 Å². The summed E-state index contributed by atoms with van der Waals surface area (Å²) < 4.78 is 61.7. The fourth-order valence-corrected chi connectivity index (χ4v) is 7.54. The highest BCUT2D eigenvalue weighted by Gasteiger charge is 2.61. The van der Waals surface area contributed by atoms with Gasteiger partial charge >= 0.3 is 0 Å². The van der Waals surface area contributed by atoms with Crippen LogP contribution < -0.4 is 0 Å². The van der Waals surface area contributed by atoms with Crippen molar-refractivity contribution in [2.75, 3.05) is 13.2 Å². The lowest BCUT2D eigenvalue weighted by Crippen LogP contribution is -2.49. The van der Waals surface area contributed by atoms with E-state index in [4.69, 9.17) is 35.0 Å². The smallest absolute Gasteiger partial charge is 0.259 e. The van der Waals surface area contributed by atoms with Gasteiger partial charge in [0.15, 0.2) is 12.1 Å². The molecule has 0 aromatic rings. The Balaban J connectivity index is 1.26. The molecule has 31 heavy (non-hydrogen) atoms. The first-order valence-electron chi connectivity index (χ1n) is 12.7. The van der Waals surface area contributed by atoms with Gasteiger partial charge in [-0.1, -0.05) is 6.55 Å². The van der Waals surface area contributed by atoms with Crippen LogP contribution in [0.1, 0.15) is 52.9 Å². The quantitative estimate of drug-likeness (QED) is 0.410. The van der Waals surface area contributed by atoms with Crippen molar-refractivity contribution in [3.8, 4) is 0 Å². The van der Waals surface area contributed by atoms with Crippen LogP contribution in [0, 0.1) is 0 Å². The summed E-state index contributed by atoms with van der Waals surface area (Å²) in [6.45, 7) is 8.93. The first-order chi connectivity index (χ1) is 15.7. The van der Waals surface area contributed by atoms with E-state index in [0.717, 1.165) is 39.5 Å². The Kier molecular flexibility index (Phi) is 6.16. The monoisotopic (exact) mass is 475 g/mol. The summed E-state index contributed by atoms with van der Waals surface area (Å²) in [5.41, 5.74) is 0. The van der Waals surface area contributed by atoms with Gasteiger partial charge < -0.3 is 32.4 Å². The number of fused-ring (bicyclic) bond motifs is 3. The molecule has 5 unspecified atom stereocenters. The first kappa shape index (κ1) is 20.7. The van der Waals surface area contributed by atoms with Crippen LogP contribution in [-0.4, -0.2) is 91.4 Å². The van der Waals surface area contributed by atoms with Crippen molar-refractivity contribution in [3.63, 3.8) is 0 Å². The largest absolute Gasteiger partial charge is 0.427 e. The zero-order valence-electron chi connectivity index (χ0n) is 20.9. The van der Waals surface area contributed by atoms with E-state index in [-0.39, 0.29) is 55.6 Å². The van der Waals surface area contributed by atoms with Crippen molar-refractivity contribution in [1.29, 1.82) is 2.57 Å². The van der Waals surface area contributed by atoms with E-state index in [0.29, 0.717) is 6.54 Å². The molecule has 5 rings (SSSR count). The van der Waals surface area contributed by atoms with Gasteiger partial charge in [0, 0.05) is 33.1 Å². The molecule has 1 radical (unpaired) electrons. The van der Waals surface area contributed by atoms with Crippen molar-refractivity contribution in [2.24, 2.45) is 0 Å². The van der Waals surface area contributed by atoms with Crippen molar-refractivity contribution in [3.05, 3.63) is 0 Å². The summed E-state index contributed by atoms with van der Waals surface area (Å²) in [5.74, 6) is -0.499. The standard InChI is InChI=1S/C20H36BNO7PSi/c1-12(2)22-10-15-17(18-19(25-15)27-20(26-18)7-5-6-8-20)29-30(22)28-14-9-13(3)24-16(14)11-23-31(4)21/h12-19,21,31H,5-11H2,1-4H3/t13?,14?,15-,16?,17+,18-,19-,30?,31?/m0/s1/i21T,31D. The molecule has 5 aliphatic rings. The minimum absolute atomic E-state index is 0.0373. The van der Waals surface area contributed by atoms with E-state index in [2.05, 4.69) is 18.5 Å². The Morgan fingerprint density at radius 2 is 2.13 bits per heavy atom. The van der Waals surface area contributed by atoms with Gasteiger partial charge in [0.2, 0.25) is 0 Å². The maximum atomic E-state index is 8.12. The second-order valence-corrected chi connectivity index (χ2v) is 12.6. The van der Waals surface area contributed by atoms with Gasteiger partial charge in [-0.05, 0) is 34.9 Å². The van der Waals surface area contributed by atoms with Crippen LogP contribution in [-0.2, 0) is 32.4 Å². The van der Waals surface area contributed by atoms with Crippen LogP contribution in [0.15, 0.2) is 0 Å². The Morgan fingerprint density at radius 1 is 1.32 bits per heavy atom. The van der Waals surface area contributed by atoms with Gasteiger partial charge in [-0.25, -0.2) is 4.67 Å². The molecule has 11 heteroatoms. The topological polar surface area (TPSA) is 67.9 Å². The molecule has 1 spiro atoms. The number of nitrogens with zero attached hydrogens (tertiary/aromatic N) is 1. The fourth-order valence-electron chi connectivity index (χ4n) is 5.23. The molecule has 4 saturated heterocycles. The summed E-state index contributed by atoms with van der Waals surface area (Å²) in [5, 5.41) is 0. The van der Waals surface area contributed by atoms with Gasteiger partial charge in [-0.15, -0.1) is 0 Å². The molecule has 4 aliphatic heterocycles. The highest BCUT2D eigenvalue weighted by atomic mass is 31.2. The average Bonchev–Trinajstić information content (AvgIpc) is 3.51. The van der Waals surface area contributed by atoms with E-state index in [1.807, 2.05) is 6.92 Å². The fraction of sp³-hybridized carbons (Fsp3) is 1.00. The van der Waals surface area contributed by atoms with Gasteiger partial charge in [0.25, 0.3) is 8.53 Å². The number of hydrogen-bond acceptors (Lipinski definition) is 8. The number of ether oxygens (including phenoxy) is 4. The maximum absolute atomic E-state index is 8.12. The highest BCUT2D eigenvalue weighted by Crippen LogP contribution is 2.57. The predicted octanol–water partition coefficient (Wildman–Crippen LogP) is 2.06. The highest BCUT2D eigenvalue weighted by molar-refractivity contribution is 7.44. The van der Waals surface area contributed by atoms with Crippen LogP contribution in [0.2, 0.25) is 6.55 Å². The van der Waals surface area contributed by atoms with Gasteiger partial charge in [0.1, 0.15) is 40.7 Å². The Labute approximate surface area is 192 Å². The molecule has 5 fully saturated rings. The van der Waals surface area contributed by atoms with Gasteiger partial charge in [-0.3, -0.25) is 0 Å². The lowest BCUT2D eigenvalue weighted by molar-refractivity contribution is -0.231. The second kappa shape index (κ2) is 9.21. The van der Waals surface area contributed by atoms with E-state index in [1.165, 1.54) is 0 Å². The average molecular weight is 475 g/mol. The third kappa shape index (κ3) is 4.67. The maximum Gasteiger partial charge on any atom is 0.259 e. The van der Waals surface area contributed by atoms with Crippen LogP contribution in [0.3, 0.4) is 0 Å². The van der Waals surface area contributed by atoms with Gasteiger partial charge in [-0.2, -0.15) is 0 Å². The molecule has 1 saturated carbocycles. The Morgan fingerprint density at radius 3 is 2.87 bits per heavy atom. The summed E-state index contributed by atoms with van der Waals surface area (Å²) in [6.07, 6.45) is 3.44. The molecule has 8 nitrogen and oxygen atoms in total. The van der Waals surface area contributed by atoms with Crippen molar-refractivity contribution < 1.29 is 32.4 Å². The zero-order valence-corrected chi connectivity index (χ0v) is 20.8. The number of rotatable bonds is 7. The zero-order chi connectivity index (χ0) is 23.4. The Bertz CT molecular complexity index is 709. The molecule has 0 aromatic heterocycles. The first-order valence-corrected chi connectivity index (χ1v) is 14.7. The molecule has 9 atom stereocenters. The van der Waals surface area contributed by atoms with Crippen molar-refractivity contribution in [2.45, 2.75) is 114 Å². The summed E-state index contributed by atoms with van der Waals surface area (Å²) in [7, 11) is -3.09. The van der Waals surface area contributed by atoms with Crippen LogP contribution in [0.5, 0.6) is 0 Å². The summed E-state index contributed by atoms with van der Waals surface area (Å²) >= 11 is 0. The van der Waals surface area contributed by atoms with Crippen molar-refractivity contribution in [1.82, 2.24) is 4.67 Å². The van der Waals surface area contributed by atoms with Gasteiger partial charge in [0.05, 0.1) is 18.8 Å². The molecule has 1 aliphatic carbocycles. The summed E-state index contributed by atoms with van der Waals surface area (Å²) in [4.78, 5) is 0. The van der Waals surface area contributed by atoms with Crippen LogP contribution in [0.4, 0.5) is 0 Å². The molecular formula is C20H36BNO7PSi. The van der Waals surface area contributed by atoms with Crippen LogP contribution in [0.25, 0.3) is 0 Å². The normalized spacial score (nSPS) is 47.3.